The van der Waals surface area contributed by atoms with Crippen LogP contribution in [-0.2, 0) is 7.05 Å². The van der Waals surface area contributed by atoms with Crippen molar-refractivity contribution in [2.45, 2.75) is 6.92 Å². The van der Waals surface area contributed by atoms with Gasteiger partial charge in [-0.1, -0.05) is 17.7 Å². The molecule has 7 heteroatoms. The number of carbonyl (C=O) groups excluding carboxylic acids is 1. The van der Waals surface area contributed by atoms with Gasteiger partial charge in [0, 0.05) is 7.05 Å². The smallest absolute Gasteiger partial charge is 0.277 e. The summed E-state index contributed by atoms with van der Waals surface area (Å²) in [5, 5.41) is 7.00. The van der Waals surface area contributed by atoms with Crippen molar-refractivity contribution in [1.29, 1.82) is 0 Å². The molecular formula is C11H12ClN5O. The first kappa shape index (κ1) is 12.4. The van der Waals surface area contributed by atoms with Gasteiger partial charge >= 0.3 is 0 Å². The molecule has 0 bridgehead atoms. The molecule has 2 heterocycles. The zero-order valence-electron chi connectivity index (χ0n) is 9.94. The van der Waals surface area contributed by atoms with Gasteiger partial charge in [-0.25, -0.2) is 4.98 Å². The first-order valence-corrected chi connectivity index (χ1v) is 5.60. The van der Waals surface area contributed by atoms with Crippen LogP contribution < -0.4 is 11.1 Å². The molecule has 0 radical (unpaired) electrons. The number of pyridine rings is 1. The maximum Gasteiger partial charge on any atom is 0.277 e. The zero-order valence-corrected chi connectivity index (χ0v) is 10.7. The Morgan fingerprint density at radius 3 is 2.78 bits per heavy atom. The summed E-state index contributed by atoms with van der Waals surface area (Å²) in [6.45, 7) is 1.74. The van der Waals surface area contributed by atoms with Crippen LogP contribution >= 0.6 is 11.6 Å². The average molecular weight is 266 g/mol. The van der Waals surface area contributed by atoms with Crippen LogP contribution in [0.25, 0.3) is 0 Å². The summed E-state index contributed by atoms with van der Waals surface area (Å²) in [6, 6.07) is 4.96. The Kier molecular flexibility index (Phi) is 3.20. The second kappa shape index (κ2) is 4.66. The van der Waals surface area contributed by atoms with Crippen LogP contribution in [0.15, 0.2) is 18.2 Å². The van der Waals surface area contributed by atoms with E-state index >= 15 is 0 Å². The van der Waals surface area contributed by atoms with Crippen molar-refractivity contribution in [3.8, 4) is 0 Å². The van der Waals surface area contributed by atoms with E-state index in [0.717, 1.165) is 0 Å². The summed E-state index contributed by atoms with van der Waals surface area (Å²) in [5.74, 6) is -0.00359. The molecule has 0 aliphatic carbocycles. The fourth-order valence-corrected chi connectivity index (χ4v) is 1.76. The number of aryl methyl sites for hydroxylation is 2. The minimum Gasteiger partial charge on any atom is -0.395 e. The van der Waals surface area contributed by atoms with Gasteiger partial charge in [-0.15, -0.1) is 0 Å². The molecule has 0 aliphatic heterocycles. The van der Waals surface area contributed by atoms with E-state index in [0.29, 0.717) is 28.0 Å². The van der Waals surface area contributed by atoms with Crippen molar-refractivity contribution >= 4 is 29.0 Å². The first-order valence-electron chi connectivity index (χ1n) is 5.22. The van der Waals surface area contributed by atoms with Crippen molar-refractivity contribution in [2.75, 3.05) is 11.1 Å². The molecule has 94 valence electrons. The van der Waals surface area contributed by atoms with Gasteiger partial charge in [0.05, 0.1) is 11.4 Å². The Hall–Kier alpha value is -2.08. The normalized spacial score (nSPS) is 10.4. The molecule has 0 aromatic carbocycles. The maximum atomic E-state index is 12.0. The largest absolute Gasteiger partial charge is 0.395 e. The minimum atomic E-state index is -0.370. The van der Waals surface area contributed by atoms with E-state index < -0.39 is 0 Å². The second-order valence-corrected chi connectivity index (χ2v) is 4.16. The van der Waals surface area contributed by atoms with Gasteiger partial charge < -0.3 is 11.1 Å². The van der Waals surface area contributed by atoms with Crippen molar-refractivity contribution in [2.24, 2.45) is 7.05 Å². The van der Waals surface area contributed by atoms with Crippen LogP contribution in [0.3, 0.4) is 0 Å². The molecular weight excluding hydrogens is 254 g/mol. The Balaban J connectivity index is 2.27. The van der Waals surface area contributed by atoms with Gasteiger partial charge in [0.2, 0.25) is 0 Å². The monoisotopic (exact) mass is 265 g/mol. The van der Waals surface area contributed by atoms with E-state index in [2.05, 4.69) is 15.4 Å². The standard InChI is InChI=1S/C11H12ClN5O/c1-6-9(13)10(17(2)16-6)11(18)15-8-5-3-4-7(12)14-8/h3-5H,13H2,1-2H3,(H,14,15,18). The van der Waals surface area contributed by atoms with Crippen molar-refractivity contribution < 1.29 is 4.79 Å². The molecule has 2 aromatic heterocycles. The SMILES string of the molecule is Cc1nn(C)c(C(=O)Nc2cccc(Cl)n2)c1N. The van der Waals surface area contributed by atoms with Crippen LogP contribution in [-0.4, -0.2) is 20.7 Å². The predicted octanol–water partition coefficient (Wildman–Crippen LogP) is 1.61. The number of nitrogens with two attached hydrogens (primary N) is 1. The number of nitrogens with one attached hydrogen (secondary N) is 1. The lowest BCUT2D eigenvalue weighted by Gasteiger charge is -2.05. The molecule has 0 aliphatic rings. The predicted molar refractivity (Wildman–Crippen MR) is 69.6 cm³/mol. The summed E-state index contributed by atoms with van der Waals surface area (Å²) in [6.07, 6.45) is 0. The highest BCUT2D eigenvalue weighted by atomic mass is 35.5. The lowest BCUT2D eigenvalue weighted by molar-refractivity contribution is 0.101. The van der Waals surface area contributed by atoms with Gasteiger partial charge in [-0.2, -0.15) is 5.10 Å². The van der Waals surface area contributed by atoms with E-state index in [1.165, 1.54) is 4.68 Å². The number of aromatic nitrogens is 3. The number of nitrogens with zero attached hydrogens (tertiary/aromatic N) is 3. The number of anilines is 2. The van der Waals surface area contributed by atoms with Crippen LogP contribution in [0.4, 0.5) is 11.5 Å². The molecule has 0 fully saturated rings. The van der Waals surface area contributed by atoms with Crippen LogP contribution in [0, 0.1) is 6.92 Å². The van der Waals surface area contributed by atoms with E-state index in [9.17, 15) is 4.79 Å². The van der Waals surface area contributed by atoms with Gasteiger partial charge in [0.25, 0.3) is 5.91 Å². The van der Waals surface area contributed by atoms with Crippen molar-refractivity contribution in [3.63, 3.8) is 0 Å². The number of amides is 1. The molecule has 2 rings (SSSR count). The average Bonchev–Trinajstić information content (AvgIpc) is 2.53. The highest BCUT2D eigenvalue weighted by molar-refractivity contribution is 6.29. The third kappa shape index (κ3) is 2.28. The summed E-state index contributed by atoms with van der Waals surface area (Å²) in [5.41, 5.74) is 7.07. The molecule has 0 saturated heterocycles. The zero-order chi connectivity index (χ0) is 13.3. The maximum absolute atomic E-state index is 12.0. The Labute approximate surface area is 109 Å². The van der Waals surface area contributed by atoms with Crippen LogP contribution in [0.2, 0.25) is 5.15 Å². The van der Waals surface area contributed by atoms with Crippen LogP contribution in [0.1, 0.15) is 16.2 Å². The number of rotatable bonds is 2. The molecule has 1 amide bonds. The third-order valence-corrected chi connectivity index (χ3v) is 2.65. The van der Waals surface area contributed by atoms with Crippen LogP contribution in [0.5, 0.6) is 0 Å². The molecule has 0 spiro atoms. The van der Waals surface area contributed by atoms with Crippen molar-refractivity contribution in [1.82, 2.24) is 14.8 Å². The number of hydrogen-bond donors (Lipinski definition) is 2. The Morgan fingerprint density at radius 1 is 1.50 bits per heavy atom. The molecule has 6 nitrogen and oxygen atoms in total. The lowest BCUT2D eigenvalue weighted by Crippen LogP contribution is -2.18. The number of hydrogen-bond acceptors (Lipinski definition) is 4. The Morgan fingerprint density at radius 2 is 2.22 bits per heavy atom. The van der Waals surface area contributed by atoms with Crippen molar-refractivity contribution in [3.05, 3.63) is 34.7 Å². The van der Waals surface area contributed by atoms with E-state index in [-0.39, 0.29) is 5.91 Å². The topological polar surface area (TPSA) is 85.8 Å². The minimum absolute atomic E-state index is 0.300. The lowest BCUT2D eigenvalue weighted by atomic mass is 10.3. The summed E-state index contributed by atoms with van der Waals surface area (Å²) in [4.78, 5) is 16.0. The summed E-state index contributed by atoms with van der Waals surface area (Å²) < 4.78 is 1.44. The molecule has 0 saturated carbocycles. The van der Waals surface area contributed by atoms with E-state index in [4.69, 9.17) is 17.3 Å². The highest BCUT2D eigenvalue weighted by Gasteiger charge is 2.18. The fourth-order valence-electron chi connectivity index (χ4n) is 1.60. The number of nitrogen functional groups attached to an aromatic ring is 1. The van der Waals surface area contributed by atoms with Gasteiger partial charge in [0.15, 0.2) is 0 Å². The number of carbonyl (C=O) groups is 1. The first-order chi connectivity index (χ1) is 8.49. The summed E-state index contributed by atoms with van der Waals surface area (Å²) in [7, 11) is 1.66. The van der Waals surface area contributed by atoms with E-state index in [1.807, 2.05) is 0 Å². The quantitative estimate of drug-likeness (QED) is 0.808. The fraction of sp³-hybridized carbons (Fsp3) is 0.182. The molecule has 0 atom stereocenters. The molecule has 2 aromatic rings. The molecule has 18 heavy (non-hydrogen) atoms. The van der Waals surface area contributed by atoms with Gasteiger partial charge in [0.1, 0.15) is 16.7 Å². The van der Waals surface area contributed by atoms with Gasteiger partial charge in [-0.3, -0.25) is 9.48 Å². The number of halogens is 1. The third-order valence-electron chi connectivity index (χ3n) is 2.44. The highest BCUT2D eigenvalue weighted by Crippen LogP contribution is 2.17. The Bertz CT molecular complexity index is 607. The molecule has 3 N–H and O–H groups in total. The second-order valence-electron chi connectivity index (χ2n) is 3.77. The summed E-state index contributed by atoms with van der Waals surface area (Å²) >= 11 is 5.74. The van der Waals surface area contributed by atoms with E-state index in [1.54, 1.807) is 32.2 Å². The van der Waals surface area contributed by atoms with Gasteiger partial charge in [-0.05, 0) is 19.1 Å². The molecule has 0 unspecified atom stereocenters.